The maximum atomic E-state index is 12.2. The van der Waals surface area contributed by atoms with E-state index in [1.807, 2.05) is 0 Å². The molecule has 1 aliphatic heterocycles. The fraction of sp³-hybridized carbons (Fsp3) is 0.467. The second kappa shape index (κ2) is 7.84. The van der Waals surface area contributed by atoms with Gasteiger partial charge in [0.15, 0.2) is 5.82 Å². The molecule has 2 aromatic rings. The van der Waals surface area contributed by atoms with Crippen LogP contribution in [-0.4, -0.2) is 65.3 Å². The van der Waals surface area contributed by atoms with Crippen molar-refractivity contribution in [3.8, 4) is 0 Å². The van der Waals surface area contributed by atoms with Crippen LogP contribution in [0.2, 0.25) is 0 Å². The van der Waals surface area contributed by atoms with Gasteiger partial charge in [0.25, 0.3) is 5.91 Å². The van der Waals surface area contributed by atoms with Gasteiger partial charge >= 0.3 is 0 Å². The molecule has 1 aliphatic rings. The number of nitrogens with zero attached hydrogens (tertiary/aromatic N) is 4. The first-order valence-corrected chi connectivity index (χ1v) is 7.81. The molecular formula is C15H20N6O3. The lowest BCUT2D eigenvalue weighted by Gasteiger charge is -2.26. The normalized spacial score (nSPS) is 15.2. The maximum absolute atomic E-state index is 12.2. The van der Waals surface area contributed by atoms with E-state index >= 15 is 0 Å². The highest BCUT2D eigenvalue weighted by Crippen LogP contribution is 2.10. The quantitative estimate of drug-likeness (QED) is 0.799. The van der Waals surface area contributed by atoms with Crippen molar-refractivity contribution in [3.05, 3.63) is 29.9 Å². The van der Waals surface area contributed by atoms with Gasteiger partial charge in [-0.3, -0.25) is 9.69 Å². The summed E-state index contributed by atoms with van der Waals surface area (Å²) in [5, 5.41) is 9.56. The molecule has 1 amide bonds. The first-order valence-electron chi connectivity index (χ1n) is 7.81. The number of ether oxygens (including phenoxy) is 1. The van der Waals surface area contributed by atoms with E-state index in [0.29, 0.717) is 17.4 Å². The molecule has 9 nitrogen and oxygen atoms in total. The van der Waals surface area contributed by atoms with Crippen molar-refractivity contribution in [1.82, 2.24) is 20.0 Å². The number of aromatic nitrogens is 3. The van der Waals surface area contributed by atoms with Crippen LogP contribution in [0.1, 0.15) is 16.2 Å². The summed E-state index contributed by atoms with van der Waals surface area (Å²) in [5.74, 6) is 1.23. The lowest BCUT2D eigenvalue weighted by Crippen LogP contribution is -2.39. The Hall–Kier alpha value is -2.52. The molecule has 9 heteroatoms. The molecule has 2 aromatic heterocycles. The first kappa shape index (κ1) is 16.3. The number of aryl methyl sites for hydroxylation is 1. The van der Waals surface area contributed by atoms with Gasteiger partial charge in [-0.2, -0.15) is 0 Å². The second-order valence-corrected chi connectivity index (χ2v) is 5.45. The van der Waals surface area contributed by atoms with E-state index in [9.17, 15) is 4.79 Å². The summed E-state index contributed by atoms with van der Waals surface area (Å²) < 4.78 is 10.2. The van der Waals surface area contributed by atoms with Crippen molar-refractivity contribution < 1.29 is 14.1 Å². The first-order chi connectivity index (χ1) is 11.7. The van der Waals surface area contributed by atoms with E-state index in [4.69, 9.17) is 9.26 Å². The Morgan fingerprint density at radius 2 is 2.08 bits per heavy atom. The number of rotatable bonds is 6. The second-order valence-electron chi connectivity index (χ2n) is 5.45. The Balaban J connectivity index is 1.52. The number of hydrogen-bond acceptors (Lipinski definition) is 8. The molecule has 0 atom stereocenters. The maximum Gasteiger partial charge on any atom is 0.275 e. The van der Waals surface area contributed by atoms with Gasteiger partial charge < -0.3 is 19.9 Å². The summed E-state index contributed by atoms with van der Waals surface area (Å²) >= 11 is 0. The van der Waals surface area contributed by atoms with E-state index in [1.54, 1.807) is 19.1 Å². The highest BCUT2D eigenvalue weighted by molar-refractivity contribution is 6.02. The Kier molecular flexibility index (Phi) is 5.34. The zero-order valence-corrected chi connectivity index (χ0v) is 13.5. The summed E-state index contributed by atoms with van der Waals surface area (Å²) in [6.45, 7) is 6.82. The minimum atomic E-state index is -0.359. The van der Waals surface area contributed by atoms with Crippen molar-refractivity contribution in [2.75, 3.05) is 50.0 Å². The van der Waals surface area contributed by atoms with Gasteiger partial charge in [-0.15, -0.1) is 0 Å². The third-order valence-corrected chi connectivity index (χ3v) is 3.61. The van der Waals surface area contributed by atoms with Crippen LogP contribution in [-0.2, 0) is 4.74 Å². The Bertz CT molecular complexity index is 683. The van der Waals surface area contributed by atoms with E-state index in [2.05, 4.69) is 30.7 Å². The monoisotopic (exact) mass is 332 g/mol. The van der Waals surface area contributed by atoms with E-state index < -0.39 is 0 Å². The smallest absolute Gasteiger partial charge is 0.275 e. The number of anilines is 2. The summed E-state index contributed by atoms with van der Waals surface area (Å²) in [6, 6.07) is 3.25. The topological polar surface area (TPSA) is 105 Å². The van der Waals surface area contributed by atoms with Gasteiger partial charge in [0, 0.05) is 38.3 Å². The van der Waals surface area contributed by atoms with Crippen molar-refractivity contribution in [3.63, 3.8) is 0 Å². The van der Waals surface area contributed by atoms with E-state index in [0.717, 1.165) is 39.4 Å². The third-order valence-electron chi connectivity index (χ3n) is 3.61. The summed E-state index contributed by atoms with van der Waals surface area (Å²) in [6.07, 6.45) is 1.36. The molecule has 0 bridgehead atoms. The van der Waals surface area contributed by atoms with Crippen LogP contribution in [0.25, 0.3) is 0 Å². The number of carbonyl (C=O) groups is 1. The molecule has 24 heavy (non-hydrogen) atoms. The van der Waals surface area contributed by atoms with Crippen molar-refractivity contribution in [2.45, 2.75) is 6.92 Å². The number of carbonyl (C=O) groups excluding carboxylic acids is 1. The SMILES string of the molecule is Cc1cc(NC(=O)c2cc(NCCN3CCOCC3)ncn2)no1. The molecule has 1 fully saturated rings. The van der Waals surface area contributed by atoms with Crippen molar-refractivity contribution in [1.29, 1.82) is 0 Å². The fourth-order valence-electron chi connectivity index (χ4n) is 2.35. The van der Waals surface area contributed by atoms with Crippen LogP contribution in [0.3, 0.4) is 0 Å². The fourth-order valence-corrected chi connectivity index (χ4v) is 2.35. The van der Waals surface area contributed by atoms with Crippen LogP contribution in [0.5, 0.6) is 0 Å². The van der Waals surface area contributed by atoms with Crippen LogP contribution in [0, 0.1) is 6.92 Å². The number of morpholine rings is 1. The average molecular weight is 332 g/mol. The zero-order chi connectivity index (χ0) is 16.8. The lowest BCUT2D eigenvalue weighted by molar-refractivity contribution is 0.0398. The van der Waals surface area contributed by atoms with Gasteiger partial charge in [-0.25, -0.2) is 9.97 Å². The van der Waals surface area contributed by atoms with Gasteiger partial charge in [0.2, 0.25) is 0 Å². The van der Waals surface area contributed by atoms with Crippen LogP contribution < -0.4 is 10.6 Å². The van der Waals surface area contributed by atoms with Crippen LogP contribution >= 0.6 is 0 Å². The zero-order valence-electron chi connectivity index (χ0n) is 13.5. The average Bonchev–Trinajstić information content (AvgIpc) is 3.01. The molecule has 1 saturated heterocycles. The van der Waals surface area contributed by atoms with Crippen LogP contribution in [0.4, 0.5) is 11.6 Å². The number of hydrogen-bond donors (Lipinski definition) is 2. The summed E-state index contributed by atoms with van der Waals surface area (Å²) in [7, 11) is 0. The largest absolute Gasteiger partial charge is 0.379 e. The molecule has 0 saturated carbocycles. The minimum absolute atomic E-state index is 0.263. The lowest BCUT2D eigenvalue weighted by atomic mass is 10.3. The molecule has 0 unspecified atom stereocenters. The summed E-state index contributed by atoms with van der Waals surface area (Å²) in [5.41, 5.74) is 0.263. The predicted molar refractivity (Wildman–Crippen MR) is 87.0 cm³/mol. The number of nitrogens with one attached hydrogen (secondary N) is 2. The molecule has 0 aliphatic carbocycles. The predicted octanol–water partition coefficient (Wildman–Crippen LogP) is 0.769. The third kappa shape index (κ3) is 4.49. The Labute approximate surface area is 139 Å². The van der Waals surface area contributed by atoms with Gasteiger partial charge in [0.05, 0.1) is 13.2 Å². The van der Waals surface area contributed by atoms with E-state index in [1.165, 1.54) is 6.33 Å². The molecular weight excluding hydrogens is 312 g/mol. The Morgan fingerprint density at radius 3 is 2.83 bits per heavy atom. The highest BCUT2D eigenvalue weighted by Gasteiger charge is 2.12. The summed E-state index contributed by atoms with van der Waals surface area (Å²) in [4.78, 5) is 22.6. The molecule has 2 N–H and O–H groups in total. The standard InChI is InChI=1S/C15H20N6O3/c1-11-8-14(20-24-11)19-15(22)12-9-13(18-10-17-12)16-2-3-21-4-6-23-7-5-21/h8-10H,2-7H2,1H3,(H,16,17,18)(H,19,20,22). The van der Waals surface area contributed by atoms with Crippen molar-refractivity contribution >= 4 is 17.5 Å². The molecule has 0 spiro atoms. The Morgan fingerprint density at radius 1 is 1.25 bits per heavy atom. The van der Waals surface area contributed by atoms with Crippen LogP contribution in [0.15, 0.2) is 23.0 Å². The molecule has 0 radical (unpaired) electrons. The van der Waals surface area contributed by atoms with Gasteiger partial charge in [-0.1, -0.05) is 5.16 Å². The van der Waals surface area contributed by atoms with Gasteiger partial charge in [0.1, 0.15) is 23.6 Å². The molecule has 0 aromatic carbocycles. The van der Waals surface area contributed by atoms with E-state index in [-0.39, 0.29) is 11.6 Å². The molecule has 3 heterocycles. The number of amides is 1. The minimum Gasteiger partial charge on any atom is -0.379 e. The van der Waals surface area contributed by atoms with Gasteiger partial charge in [-0.05, 0) is 6.92 Å². The van der Waals surface area contributed by atoms with Crippen molar-refractivity contribution in [2.24, 2.45) is 0 Å². The highest BCUT2D eigenvalue weighted by atomic mass is 16.5. The molecule has 3 rings (SSSR count). The molecule has 128 valence electrons.